The van der Waals surface area contributed by atoms with Gasteiger partial charge in [-0.1, -0.05) is 6.58 Å². The van der Waals surface area contributed by atoms with Crippen LogP contribution in [0.1, 0.15) is 20.8 Å². The van der Waals surface area contributed by atoms with Crippen LogP contribution in [0.3, 0.4) is 0 Å². The number of carbonyl (C=O) groups excluding carboxylic acids is 1. The first kappa shape index (κ1) is 13.1. The molecule has 0 rings (SSSR count). The van der Waals surface area contributed by atoms with Crippen molar-refractivity contribution in [2.75, 3.05) is 0 Å². The quantitative estimate of drug-likeness (QED) is 0.540. The molecule has 0 aliphatic rings. The van der Waals surface area contributed by atoms with Crippen LogP contribution in [-0.2, 0) is 19.1 Å². The fraction of sp³-hybridized carbons (Fsp3) is 0.625. The van der Waals surface area contributed by atoms with Gasteiger partial charge in [0.2, 0.25) is 0 Å². The molecule has 0 aromatic carbocycles. The van der Waals surface area contributed by atoms with Gasteiger partial charge >= 0.3 is 16.1 Å². The highest BCUT2D eigenvalue weighted by Crippen LogP contribution is 2.21. The van der Waals surface area contributed by atoms with E-state index >= 15 is 0 Å². The Bertz CT molecular complexity index is 329. The van der Waals surface area contributed by atoms with Crippen molar-refractivity contribution in [1.29, 1.82) is 0 Å². The monoisotopic (exact) mass is 221 g/mol. The second kappa shape index (κ2) is 4.10. The average Bonchev–Trinajstić information content (AvgIpc) is 2.02. The summed E-state index contributed by atoms with van der Waals surface area (Å²) in [7, 11) is -4.02. The van der Waals surface area contributed by atoms with E-state index in [2.05, 4.69) is 10.8 Å². The molecule has 0 aliphatic carbocycles. The summed E-state index contributed by atoms with van der Waals surface area (Å²) in [4.78, 5) is 10.7. The maximum atomic E-state index is 11.5. The van der Waals surface area contributed by atoms with Crippen molar-refractivity contribution < 1.29 is 17.4 Å². The third kappa shape index (κ3) is 2.55. The lowest BCUT2D eigenvalue weighted by atomic mass is 10.1. The molecule has 0 radical (unpaired) electrons. The van der Waals surface area contributed by atoms with Gasteiger partial charge in [0.25, 0.3) is 0 Å². The van der Waals surface area contributed by atoms with E-state index in [1.807, 2.05) is 0 Å². The van der Waals surface area contributed by atoms with E-state index in [4.69, 9.17) is 5.73 Å². The smallest absolute Gasteiger partial charge is 0.341 e. The molecule has 0 aromatic heterocycles. The highest BCUT2D eigenvalue weighted by atomic mass is 32.2. The first-order valence-electron chi connectivity index (χ1n) is 4.01. The van der Waals surface area contributed by atoms with Crippen LogP contribution in [-0.4, -0.2) is 25.2 Å². The highest BCUT2D eigenvalue weighted by molar-refractivity contribution is 7.88. The lowest BCUT2D eigenvalue weighted by Crippen LogP contribution is -2.48. The molecule has 0 amide bonds. The molecule has 82 valence electrons. The standard InChI is InChI=1S/C8H15NO4S/c1-5-7(10)13-14(11,12)8(3,4)6(2)9/h5-6H,1,9H2,2-4H3. The molecule has 0 bridgehead atoms. The minimum Gasteiger partial charge on any atom is -0.341 e. The van der Waals surface area contributed by atoms with Gasteiger partial charge in [0.05, 0.1) is 0 Å². The largest absolute Gasteiger partial charge is 0.345 e. The van der Waals surface area contributed by atoms with Crippen molar-refractivity contribution in [1.82, 2.24) is 0 Å². The average molecular weight is 221 g/mol. The maximum absolute atomic E-state index is 11.5. The van der Waals surface area contributed by atoms with Crippen molar-refractivity contribution in [3.8, 4) is 0 Å². The molecule has 0 aliphatic heterocycles. The Kier molecular flexibility index (Phi) is 3.84. The van der Waals surface area contributed by atoms with E-state index in [9.17, 15) is 13.2 Å². The summed E-state index contributed by atoms with van der Waals surface area (Å²) in [6.07, 6.45) is 0.787. The molecule has 0 saturated heterocycles. The second-order valence-corrected chi connectivity index (χ2v) is 5.58. The van der Waals surface area contributed by atoms with Crippen LogP contribution < -0.4 is 5.73 Å². The summed E-state index contributed by atoms with van der Waals surface area (Å²) < 4.78 is 25.9. The van der Waals surface area contributed by atoms with E-state index in [0.29, 0.717) is 0 Å². The van der Waals surface area contributed by atoms with Crippen molar-refractivity contribution in [2.45, 2.75) is 31.6 Å². The summed E-state index contributed by atoms with van der Waals surface area (Å²) in [5.41, 5.74) is 5.48. The Morgan fingerprint density at radius 1 is 1.57 bits per heavy atom. The van der Waals surface area contributed by atoms with E-state index < -0.39 is 26.9 Å². The summed E-state index contributed by atoms with van der Waals surface area (Å²) in [5.74, 6) is -1.00. The summed E-state index contributed by atoms with van der Waals surface area (Å²) in [5, 5.41) is 0. The van der Waals surface area contributed by atoms with Crippen molar-refractivity contribution in [3.63, 3.8) is 0 Å². The molecule has 0 fully saturated rings. The molecule has 2 N–H and O–H groups in total. The van der Waals surface area contributed by atoms with Gasteiger partial charge in [0.15, 0.2) is 0 Å². The number of carbonyl (C=O) groups is 1. The molecule has 6 heteroatoms. The Hall–Kier alpha value is -0.880. The van der Waals surface area contributed by atoms with Crippen molar-refractivity contribution in [3.05, 3.63) is 12.7 Å². The fourth-order valence-corrected chi connectivity index (χ4v) is 1.43. The zero-order valence-electron chi connectivity index (χ0n) is 8.48. The van der Waals surface area contributed by atoms with Gasteiger partial charge in [-0.3, -0.25) is 0 Å². The van der Waals surface area contributed by atoms with E-state index in [-0.39, 0.29) is 0 Å². The Morgan fingerprint density at radius 3 is 2.29 bits per heavy atom. The fourth-order valence-electron chi connectivity index (χ4n) is 0.477. The summed E-state index contributed by atoms with van der Waals surface area (Å²) in [6, 6.07) is -0.648. The van der Waals surface area contributed by atoms with Gasteiger partial charge in [-0.2, -0.15) is 8.42 Å². The van der Waals surface area contributed by atoms with Gasteiger partial charge in [0.1, 0.15) is 4.75 Å². The van der Waals surface area contributed by atoms with Gasteiger partial charge in [-0.25, -0.2) is 4.79 Å². The highest BCUT2D eigenvalue weighted by Gasteiger charge is 2.40. The lowest BCUT2D eigenvalue weighted by Gasteiger charge is -2.26. The van der Waals surface area contributed by atoms with E-state index in [1.165, 1.54) is 20.8 Å². The van der Waals surface area contributed by atoms with Crippen LogP contribution in [0.15, 0.2) is 12.7 Å². The zero-order chi connectivity index (χ0) is 11.6. The first-order chi connectivity index (χ1) is 6.15. The summed E-state index contributed by atoms with van der Waals surface area (Å²) in [6.45, 7) is 7.41. The lowest BCUT2D eigenvalue weighted by molar-refractivity contribution is -0.128. The molecule has 1 atom stereocenters. The molecule has 0 heterocycles. The van der Waals surface area contributed by atoms with Crippen LogP contribution in [0.5, 0.6) is 0 Å². The van der Waals surface area contributed by atoms with Gasteiger partial charge in [0, 0.05) is 12.1 Å². The van der Waals surface area contributed by atoms with E-state index in [0.717, 1.165) is 6.08 Å². The van der Waals surface area contributed by atoms with Gasteiger partial charge in [-0.05, 0) is 20.8 Å². The minimum atomic E-state index is -4.02. The molecule has 0 spiro atoms. The third-order valence-electron chi connectivity index (χ3n) is 2.10. The number of nitrogens with two attached hydrogens (primary N) is 1. The molecular weight excluding hydrogens is 206 g/mol. The first-order valence-corrected chi connectivity index (χ1v) is 5.42. The Labute approximate surface area is 84.1 Å². The number of rotatable bonds is 4. The van der Waals surface area contributed by atoms with Crippen LogP contribution in [0.25, 0.3) is 0 Å². The number of hydrogen-bond donors (Lipinski definition) is 1. The normalized spacial score (nSPS) is 14.6. The van der Waals surface area contributed by atoms with Crippen LogP contribution in [0.2, 0.25) is 0 Å². The third-order valence-corrected chi connectivity index (χ3v) is 4.14. The molecule has 1 unspecified atom stereocenters. The zero-order valence-corrected chi connectivity index (χ0v) is 9.30. The Balaban J connectivity index is 4.98. The maximum Gasteiger partial charge on any atom is 0.345 e. The molecular formula is C8H15NO4S. The SMILES string of the molecule is C=CC(=O)OS(=O)(=O)C(C)(C)C(C)N. The van der Waals surface area contributed by atoms with Crippen LogP contribution >= 0.6 is 0 Å². The van der Waals surface area contributed by atoms with Crippen molar-refractivity contribution >= 4 is 16.1 Å². The Morgan fingerprint density at radius 2 is 2.00 bits per heavy atom. The topological polar surface area (TPSA) is 86.5 Å². The molecule has 5 nitrogen and oxygen atoms in total. The second-order valence-electron chi connectivity index (χ2n) is 3.45. The van der Waals surface area contributed by atoms with Gasteiger partial charge < -0.3 is 9.92 Å². The molecule has 0 saturated carbocycles. The number of hydrogen-bond acceptors (Lipinski definition) is 5. The minimum absolute atomic E-state index is 0.648. The predicted octanol–water partition coefficient (Wildman–Crippen LogP) is 0.171. The predicted molar refractivity (Wildman–Crippen MR) is 52.9 cm³/mol. The van der Waals surface area contributed by atoms with Crippen molar-refractivity contribution in [2.24, 2.45) is 5.73 Å². The van der Waals surface area contributed by atoms with Gasteiger partial charge in [-0.15, -0.1) is 0 Å². The van der Waals surface area contributed by atoms with Crippen LogP contribution in [0.4, 0.5) is 0 Å². The molecule has 14 heavy (non-hydrogen) atoms. The summed E-state index contributed by atoms with van der Waals surface area (Å²) >= 11 is 0. The van der Waals surface area contributed by atoms with Crippen LogP contribution in [0, 0.1) is 0 Å². The molecule has 0 aromatic rings. The van der Waals surface area contributed by atoms with E-state index in [1.54, 1.807) is 0 Å².